The number of non-ortho nitro benzene ring substituents is 1. The van der Waals surface area contributed by atoms with Gasteiger partial charge in [0.1, 0.15) is 12.4 Å². The molecule has 0 saturated carbocycles. The number of esters is 1. The topological polar surface area (TPSA) is 171 Å². The Labute approximate surface area is 244 Å². The van der Waals surface area contributed by atoms with Crippen molar-refractivity contribution in [2.24, 2.45) is 0 Å². The lowest BCUT2D eigenvalue weighted by atomic mass is 9.86. The standard InChI is InChI=1S/C29H25FN4O8S/c1-3-29(37)22-9-25-26-20(12-33(25)27(35)21(22)13-42-28(29)36)19(18-8-15(2)23(30)10-24(18)32-26)11-31-43(40,41)14-16-4-6-17(7-5-16)34(38)39/h4-10,31,37H,3,11-14H2,1-2H3/t29-/m0/s1. The lowest BCUT2D eigenvalue weighted by Crippen LogP contribution is -2.44. The second-order valence-corrected chi connectivity index (χ2v) is 12.4. The van der Waals surface area contributed by atoms with Crippen molar-refractivity contribution in [3.05, 3.63) is 102 Å². The third-order valence-electron chi connectivity index (χ3n) is 8.06. The average Bonchev–Trinajstić information content (AvgIpc) is 3.33. The summed E-state index contributed by atoms with van der Waals surface area (Å²) in [6.07, 6.45) is -0.0357. The largest absolute Gasteiger partial charge is 0.458 e. The first-order valence-electron chi connectivity index (χ1n) is 13.3. The van der Waals surface area contributed by atoms with Gasteiger partial charge in [-0.05, 0) is 42.2 Å². The van der Waals surface area contributed by atoms with Crippen molar-refractivity contribution >= 4 is 32.6 Å². The number of aromatic nitrogens is 2. The van der Waals surface area contributed by atoms with Crippen LogP contribution in [0.5, 0.6) is 0 Å². The number of rotatable bonds is 7. The van der Waals surface area contributed by atoms with Crippen molar-refractivity contribution in [1.29, 1.82) is 0 Å². The van der Waals surface area contributed by atoms with Crippen LogP contribution in [0.2, 0.25) is 0 Å². The maximum atomic E-state index is 14.7. The van der Waals surface area contributed by atoms with E-state index in [4.69, 9.17) is 4.74 Å². The number of carbonyl (C=O) groups excluding carboxylic acids is 1. The van der Waals surface area contributed by atoms with Crippen LogP contribution in [0.15, 0.2) is 47.3 Å². The van der Waals surface area contributed by atoms with Crippen LogP contribution in [-0.2, 0) is 50.6 Å². The van der Waals surface area contributed by atoms with Crippen LogP contribution in [0.3, 0.4) is 0 Å². The van der Waals surface area contributed by atoms with E-state index in [2.05, 4.69) is 9.71 Å². The van der Waals surface area contributed by atoms with Gasteiger partial charge in [0.05, 0.1) is 39.7 Å². The second-order valence-electron chi connectivity index (χ2n) is 10.6. The zero-order valence-corrected chi connectivity index (χ0v) is 23.8. The van der Waals surface area contributed by atoms with Gasteiger partial charge in [0.2, 0.25) is 10.0 Å². The van der Waals surface area contributed by atoms with Crippen LogP contribution in [0, 0.1) is 22.9 Å². The fourth-order valence-corrected chi connectivity index (χ4v) is 6.76. The van der Waals surface area contributed by atoms with Crippen molar-refractivity contribution in [3.8, 4) is 11.4 Å². The lowest BCUT2D eigenvalue weighted by molar-refractivity contribution is -0.384. The first kappa shape index (κ1) is 28.6. The third kappa shape index (κ3) is 4.67. The molecular formula is C29H25FN4O8S. The van der Waals surface area contributed by atoms with Gasteiger partial charge < -0.3 is 14.4 Å². The number of nitrogens with zero attached hydrogens (tertiary/aromatic N) is 3. The molecule has 0 radical (unpaired) electrons. The minimum absolute atomic E-state index is 0.0219. The van der Waals surface area contributed by atoms with Crippen molar-refractivity contribution in [2.75, 3.05) is 0 Å². The molecule has 14 heteroatoms. The molecule has 0 unspecified atom stereocenters. The molecule has 2 aromatic carbocycles. The first-order chi connectivity index (χ1) is 20.3. The minimum Gasteiger partial charge on any atom is -0.458 e. The Hall–Kier alpha value is -4.53. The predicted molar refractivity (Wildman–Crippen MR) is 152 cm³/mol. The van der Waals surface area contributed by atoms with Crippen molar-refractivity contribution in [3.63, 3.8) is 0 Å². The summed E-state index contributed by atoms with van der Waals surface area (Å²) in [4.78, 5) is 41.1. The number of pyridine rings is 2. The fourth-order valence-electron chi connectivity index (χ4n) is 5.66. The Morgan fingerprint density at radius 3 is 2.58 bits per heavy atom. The van der Waals surface area contributed by atoms with Crippen LogP contribution in [0.25, 0.3) is 22.3 Å². The molecule has 4 heterocycles. The highest BCUT2D eigenvalue weighted by atomic mass is 32.2. The number of aliphatic hydroxyl groups is 1. The molecule has 2 aliphatic rings. The number of nitro groups is 1. The molecular weight excluding hydrogens is 583 g/mol. The van der Waals surface area contributed by atoms with E-state index in [1.54, 1.807) is 19.9 Å². The minimum atomic E-state index is -3.95. The number of ether oxygens (including phenoxy) is 1. The smallest absolute Gasteiger partial charge is 0.343 e. The van der Waals surface area contributed by atoms with E-state index in [-0.39, 0.29) is 48.4 Å². The number of hydrogen-bond donors (Lipinski definition) is 2. The molecule has 222 valence electrons. The number of sulfonamides is 1. The van der Waals surface area contributed by atoms with Gasteiger partial charge in [-0.3, -0.25) is 14.9 Å². The molecule has 0 saturated heterocycles. The Morgan fingerprint density at radius 1 is 1.19 bits per heavy atom. The van der Waals surface area contributed by atoms with Crippen LogP contribution in [0.1, 0.15) is 46.7 Å². The second kappa shape index (κ2) is 10.0. The van der Waals surface area contributed by atoms with Crippen molar-refractivity contribution in [1.82, 2.24) is 14.3 Å². The normalized spacial score (nSPS) is 17.3. The Balaban J connectivity index is 1.44. The maximum Gasteiger partial charge on any atom is 0.343 e. The SMILES string of the molecule is CC[C@@]1(O)C(=O)OCc2c1cc1n(c2=O)Cc2c-1nc1cc(F)c(C)cc1c2CNS(=O)(=O)Cc1ccc([N+](=O)[O-])cc1. The zero-order chi connectivity index (χ0) is 30.8. The van der Waals surface area contributed by atoms with Crippen LogP contribution < -0.4 is 10.3 Å². The van der Waals surface area contributed by atoms with Gasteiger partial charge in [-0.1, -0.05) is 19.1 Å². The summed E-state index contributed by atoms with van der Waals surface area (Å²) in [5.41, 5.74) is 0.0864. The molecule has 12 nitrogen and oxygen atoms in total. The highest BCUT2D eigenvalue weighted by Gasteiger charge is 2.45. The Bertz CT molecular complexity index is 2040. The summed E-state index contributed by atoms with van der Waals surface area (Å²) in [7, 11) is -3.95. The summed E-state index contributed by atoms with van der Waals surface area (Å²) < 4.78 is 49.9. The summed E-state index contributed by atoms with van der Waals surface area (Å²) in [6, 6.07) is 9.49. The maximum absolute atomic E-state index is 14.7. The van der Waals surface area contributed by atoms with Crippen LogP contribution >= 0.6 is 0 Å². The first-order valence-corrected chi connectivity index (χ1v) is 15.0. The van der Waals surface area contributed by atoms with Crippen LogP contribution in [0.4, 0.5) is 10.1 Å². The molecule has 0 spiro atoms. The number of aryl methyl sites for hydroxylation is 1. The van der Waals surface area contributed by atoms with Gasteiger partial charge in [-0.25, -0.2) is 27.3 Å². The van der Waals surface area contributed by atoms with Gasteiger partial charge >= 0.3 is 5.97 Å². The predicted octanol–water partition coefficient (Wildman–Crippen LogP) is 3.05. The van der Waals surface area contributed by atoms with E-state index in [1.165, 1.54) is 41.0 Å². The molecule has 0 amide bonds. The van der Waals surface area contributed by atoms with Gasteiger partial charge in [-0.15, -0.1) is 0 Å². The number of carbonyl (C=O) groups is 1. The van der Waals surface area contributed by atoms with Crippen molar-refractivity contribution < 1.29 is 32.4 Å². The number of benzene rings is 2. The van der Waals surface area contributed by atoms with Crippen LogP contribution in [-0.4, -0.2) is 34.0 Å². The van der Waals surface area contributed by atoms with Gasteiger partial charge in [-0.2, -0.15) is 0 Å². The van der Waals surface area contributed by atoms with E-state index >= 15 is 0 Å². The Kier molecular flexibility index (Phi) is 6.67. The number of halogens is 1. The third-order valence-corrected chi connectivity index (χ3v) is 9.36. The van der Waals surface area contributed by atoms with Gasteiger partial charge in [0.25, 0.3) is 11.2 Å². The summed E-state index contributed by atoms with van der Waals surface area (Å²) in [5, 5.41) is 22.6. The number of nitrogens with one attached hydrogen (secondary N) is 1. The quantitative estimate of drug-likeness (QED) is 0.160. The van der Waals surface area contributed by atoms with Gasteiger partial charge in [0.15, 0.2) is 5.60 Å². The van der Waals surface area contributed by atoms with E-state index < -0.39 is 43.6 Å². The van der Waals surface area contributed by atoms with Crippen molar-refractivity contribution in [2.45, 2.75) is 51.3 Å². The van der Waals surface area contributed by atoms with E-state index in [1.807, 2.05) is 0 Å². The van der Waals surface area contributed by atoms with E-state index in [0.29, 0.717) is 39.0 Å². The monoisotopic (exact) mass is 608 g/mol. The number of hydrogen-bond acceptors (Lipinski definition) is 9. The van der Waals surface area contributed by atoms with E-state index in [9.17, 15) is 37.6 Å². The summed E-state index contributed by atoms with van der Waals surface area (Å²) in [6.45, 7) is 2.66. The molecule has 1 atom stereocenters. The summed E-state index contributed by atoms with van der Waals surface area (Å²) >= 11 is 0. The number of cyclic esters (lactones) is 1. The fraction of sp³-hybridized carbons (Fsp3) is 0.276. The molecule has 2 N–H and O–H groups in total. The molecule has 2 aromatic heterocycles. The number of fused-ring (bicyclic) bond motifs is 5. The zero-order valence-electron chi connectivity index (χ0n) is 23.0. The highest BCUT2D eigenvalue weighted by molar-refractivity contribution is 7.88. The molecule has 0 aliphatic carbocycles. The lowest BCUT2D eigenvalue weighted by Gasteiger charge is -2.31. The average molecular weight is 609 g/mol. The molecule has 6 rings (SSSR count). The summed E-state index contributed by atoms with van der Waals surface area (Å²) in [5.74, 6) is -1.83. The highest BCUT2D eigenvalue weighted by Crippen LogP contribution is 2.40. The molecule has 2 aliphatic heterocycles. The molecule has 4 aromatic rings. The van der Waals surface area contributed by atoms with Gasteiger partial charge in [0, 0.05) is 41.3 Å². The molecule has 43 heavy (non-hydrogen) atoms. The van der Waals surface area contributed by atoms with E-state index in [0.717, 1.165) is 0 Å². The molecule has 0 fully saturated rings. The molecule has 0 bridgehead atoms. The number of nitro benzene ring substituents is 1. The Morgan fingerprint density at radius 2 is 1.91 bits per heavy atom.